The van der Waals surface area contributed by atoms with Crippen LogP contribution >= 0.6 is 24.0 Å². The molecule has 5 nitrogen and oxygen atoms in total. The summed E-state index contributed by atoms with van der Waals surface area (Å²) >= 11 is 0. The lowest BCUT2D eigenvalue weighted by Crippen LogP contribution is -2.38. The number of aliphatic imine (C=N–C) groups is 1. The minimum Gasteiger partial charge on any atom is -0.352 e. The quantitative estimate of drug-likeness (QED) is 0.193. The minimum absolute atomic E-state index is 0. The van der Waals surface area contributed by atoms with Crippen LogP contribution in [0.15, 0.2) is 41.9 Å². The average Bonchev–Trinajstić information content (AvgIpc) is 2.57. The molecule has 6 heteroatoms. The van der Waals surface area contributed by atoms with E-state index in [1.54, 1.807) is 7.05 Å². The monoisotopic (exact) mass is 458 g/mol. The van der Waals surface area contributed by atoms with Crippen molar-refractivity contribution < 1.29 is 4.79 Å². The number of hydrogen-bond donors (Lipinski definition) is 2. The van der Waals surface area contributed by atoms with Crippen LogP contribution in [0, 0.1) is 0 Å². The van der Waals surface area contributed by atoms with Crippen molar-refractivity contribution in [1.82, 2.24) is 10.2 Å². The van der Waals surface area contributed by atoms with Gasteiger partial charge in [0.1, 0.15) is 0 Å². The molecular formula is C19H31IN4O. The topological polar surface area (TPSA) is 56.7 Å². The molecule has 0 heterocycles. The average molecular weight is 458 g/mol. The third kappa shape index (κ3) is 9.48. The fraction of sp³-hybridized carbons (Fsp3) is 0.474. The van der Waals surface area contributed by atoms with E-state index in [9.17, 15) is 4.79 Å². The molecule has 0 radical (unpaired) electrons. The van der Waals surface area contributed by atoms with Gasteiger partial charge in [0.05, 0.1) is 0 Å². The van der Waals surface area contributed by atoms with Crippen molar-refractivity contribution in [3.05, 3.63) is 42.5 Å². The highest BCUT2D eigenvalue weighted by atomic mass is 127. The molecule has 1 rings (SSSR count). The third-order valence-electron chi connectivity index (χ3n) is 3.64. The summed E-state index contributed by atoms with van der Waals surface area (Å²) in [7, 11) is 3.82. The summed E-state index contributed by atoms with van der Waals surface area (Å²) in [5, 5.41) is 6.25. The zero-order valence-electron chi connectivity index (χ0n) is 15.5. The molecule has 1 amide bonds. The molecule has 0 aromatic heterocycles. The van der Waals surface area contributed by atoms with Gasteiger partial charge in [0.25, 0.3) is 0 Å². The largest absolute Gasteiger partial charge is 0.352 e. The van der Waals surface area contributed by atoms with Gasteiger partial charge in [-0.05, 0) is 37.0 Å². The summed E-state index contributed by atoms with van der Waals surface area (Å²) in [4.78, 5) is 18.0. The van der Waals surface area contributed by atoms with E-state index in [1.807, 2.05) is 44.3 Å². The first-order valence-electron chi connectivity index (χ1n) is 8.52. The number of guanidine groups is 1. The van der Waals surface area contributed by atoms with E-state index in [2.05, 4.69) is 27.1 Å². The van der Waals surface area contributed by atoms with Crippen molar-refractivity contribution in [2.24, 2.45) is 4.99 Å². The molecule has 1 aromatic carbocycles. The molecule has 0 saturated heterocycles. The van der Waals surface area contributed by atoms with E-state index in [4.69, 9.17) is 0 Å². The number of allylic oxidation sites excluding steroid dienone is 1. The van der Waals surface area contributed by atoms with Gasteiger partial charge >= 0.3 is 0 Å². The molecular weight excluding hydrogens is 427 g/mol. The van der Waals surface area contributed by atoms with E-state index >= 15 is 0 Å². The van der Waals surface area contributed by atoms with Crippen molar-refractivity contribution >= 4 is 41.5 Å². The molecule has 0 aliphatic rings. The van der Waals surface area contributed by atoms with Crippen LogP contribution in [0.25, 0.3) is 0 Å². The Kier molecular flexibility index (Phi) is 12.8. The Hall–Kier alpha value is -1.57. The zero-order chi connectivity index (χ0) is 17.8. The fourth-order valence-electron chi connectivity index (χ4n) is 2.30. The van der Waals surface area contributed by atoms with Gasteiger partial charge in [-0.15, -0.1) is 30.6 Å². The van der Waals surface area contributed by atoms with Gasteiger partial charge in [0.15, 0.2) is 5.96 Å². The Morgan fingerprint density at radius 1 is 1.32 bits per heavy atom. The number of nitrogens with one attached hydrogen (secondary N) is 2. The van der Waals surface area contributed by atoms with E-state index in [1.165, 1.54) is 0 Å². The predicted octanol–water partition coefficient (Wildman–Crippen LogP) is 4.02. The second-order valence-electron chi connectivity index (χ2n) is 5.75. The second-order valence-corrected chi connectivity index (χ2v) is 5.75. The molecule has 0 unspecified atom stereocenters. The maximum atomic E-state index is 11.6. The van der Waals surface area contributed by atoms with E-state index in [0.29, 0.717) is 13.0 Å². The number of carbonyl (C=O) groups is 1. The lowest BCUT2D eigenvalue weighted by molar-refractivity contribution is -0.116. The van der Waals surface area contributed by atoms with Crippen LogP contribution in [0.5, 0.6) is 0 Å². The van der Waals surface area contributed by atoms with Gasteiger partial charge in [-0.3, -0.25) is 9.79 Å². The van der Waals surface area contributed by atoms with Crippen molar-refractivity contribution in [1.29, 1.82) is 0 Å². The standard InChI is InChI=1S/C19H30N4O.HI/c1-5-7-8-14-23(4)19(20-3)21-15-16-10-12-17(13-11-16)22-18(24)9-6-2;/h5,10-13H,1,6-9,14-15H2,2-4H3,(H,20,21)(H,22,24);1H. The lowest BCUT2D eigenvalue weighted by atomic mass is 10.2. The number of benzene rings is 1. The molecule has 0 saturated carbocycles. The Morgan fingerprint density at radius 3 is 2.56 bits per heavy atom. The van der Waals surface area contributed by atoms with Gasteiger partial charge in [-0.2, -0.15) is 0 Å². The third-order valence-corrected chi connectivity index (χ3v) is 3.64. The molecule has 0 aliphatic carbocycles. The molecule has 1 aromatic rings. The molecule has 140 valence electrons. The number of nitrogens with zero attached hydrogens (tertiary/aromatic N) is 2. The maximum absolute atomic E-state index is 11.6. The number of unbranched alkanes of at least 4 members (excludes halogenated alkanes) is 1. The van der Waals surface area contributed by atoms with Gasteiger partial charge < -0.3 is 15.5 Å². The SMILES string of the molecule is C=CCCCN(C)C(=NC)NCc1ccc(NC(=O)CCC)cc1.I. The van der Waals surface area contributed by atoms with Crippen LogP contribution < -0.4 is 10.6 Å². The lowest BCUT2D eigenvalue weighted by Gasteiger charge is -2.22. The highest BCUT2D eigenvalue weighted by Gasteiger charge is 2.05. The van der Waals surface area contributed by atoms with Crippen molar-refractivity contribution in [2.45, 2.75) is 39.2 Å². The highest BCUT2D eigenvalue weighted by Crippen LogP contribution is 2.10. The highest BCUT2D eigenvalue weighted by molar-refractivity contribution is 14.0. The van der Waals surface area contributed by atoms with Crippen LogP contribution in [0.3, 0.4) is 0 Å². The van der Waals surface area contributed by atoms with Crippen molar-refractivity contribution in [2.75, 3.05) is 26.0 Å². The van der Waals surface area contributed by atoms with E-state index in [0.717, 1.165) is 43.0 Å². The molecule has 0 atom stereocenters. The maximum Gasteiger partial charge on any atom is 0.224 e. The minimum atomic E-state index is 0. The normalized spacial score (nSPS) is 10.6. The first-order chi connectivity index (χ1) is 11.6. The van der Waals surface area contributed by atoms with Crippen molar-refractivity contribution in [3.8, 4) is 0 Å². The summed E-state index contributed by atoms with van der Waals surface area (Å²) < 4.78 is 0. The van der Waals surface area contributed by atoms with Crippen LogP contribution in [0.1, 0.15) is 38.2 Å². The Bertz CT molecular complexity index is 543. The van der Waals surface area contributed by atoms with Gasteiger partial charge in [-0.25, -0.2) is 0 Å². The second kappa shape index (κ2) is 13.7. The smallest absolute Gasteiger partial charge is 0.224 e. The Labute approximate surface area is 169 Å². The van der Waals surface area contributed by atoms with Gasteiger partial charge in [-0.1, -0.05) is 25.1 Å². The first-order valence-corrected chi connectivity index (χ1v) is 8.52. The molecule has 0 aliphatic heterocycles. The Morgan fingerprint density at radius 2 is 2.00 bits per heavy atom. The summed E-state index contributed by atoms with van der Waals surface area (Å²) in [5.74, 6) is 0.935. The van der Waals surface area contributed by atoms with Gasteiger partial charge in [0.2, 0.25) is 5.91 Å². The molecule has 0 spiro atoms. The van der Waals surface area contributed by atoms with Crippen LogP contribution in [0.4, 0.5) is 5.69 Å². The van der Waals surface area contributed by atoms with Crippen LogP contribution in [0.2, 0.25) is 0 Å². The summed E-state index contributed by atoms with van der Waals surface area (Å²) in [6.45, 7) is 7.37. The molecule has 0 fully saturated rings. The molecule has 0 bridgehead atoms. The Balaban J connectivity index is 0.00000576. The zero-order valence-corrected chi connectivity index (χ0v) is 17.9. The number of carbonyl (C=O) groups excluding carboxylic acids is 1. The summed E-state index contributed by atoms with van der Waals surface area (Å²) in [6, 6.07) is 7.89. The first kappa shape index (κ1) is 23.4. The number of halogens is 1. The molecule has 2 N–H and O–H groups in total. The number of amides is 1. The van der Waals surface area contributed by atoms with Crippen LogP contribution in [-0.2, 0) is 11.3 Å². The molecule has 25 heavy (non-hydrogen) atoms. The predicted molar refractivity (Wildman–Crippen MR) is 118 cm³/mol. The fourth-order valence-corrected chi connectivity index (χ4v) is 2.30. The number of rotatable bonds is 9. The van der Waals surface area contributed by atoms with E-state index < -0.39 is 0 Å². The number of anilines is 1. The number of hydrogen-bond acceptors (Lipinski definition) is 2. The van der Waals surface area contributed by atoms with Crippen molar-refractivity contribution in [3.63, 3.8) is 0 Å². The summed E-state index contributed by atoms with van der Waals surface area (Å²) in [6.07, 6.45) is 5.41. The van der Waals surface area contributed by atoms with E-state index in [-0.39, 0.29) is 29.9 Å². The van der Waals surface area contributed by atoms with Gasteiger partial charge in [0, 0.05) is 39.3 Å². The summed E-state index contributed by atoms with van der Waals surface area (Å²) in [5.41, 5.74) is 1.98. The van der Waals surface area contributed by atoms with Crippen LogP contribution in [-0.4, -0.2) is 37.4 Å².